The number of hydrogen-bond donors (Lipinski definition) is 0. The summed E-state index contributed by atoms with van der Waals surface area (Å²) in [5, 5.41) is 0.137. The Kier molecular flexibility index (Phi) is 7.65. The van der Waals surface area contributed by atoms with Crippen molar-refractivity contribution < 1.29 is 25.2 Å². The van der Waals surface area contributed by atoms with Gasteiger partial charge in [0.15, 0.2) is 5.16 Å². The van der Waals surface area contributed by atoms with E-state index in [1.165, 1.54) is 36.0 Å². The predicted octanol–water partition coefficient (Wildman–Crippen LogP) is 4.30. The Bertz CT molecular complexity index is 1240. The van der Waals surface area contributed by atoms with Gasteiger partial charge in [0.05, 0.1) is 5.56 Å². The van der Waals surface area contributed by atoms with Crippen LogP contribution >= 0.6 is 11.8 Å². The molecule has 0 unspecified atom stereocenters. The monoisotopic (exact) mass is 508 g/mol. The highest BCUT2D eigenvalue weighted by atomic mass is 32.2. The average molecular weight is 509 g/mol. The highest BCUT2D eigenvalue weighted by Crippen LogP contribution is 2.33. The van der Waals surface area contributed by atoms with Crippen LogP contribution in [0, 0.1) is 13.8 Å². The van der Waals surface area contributed by atoms with Crippen LogP contribution in [0.15, 0.2) is 63.5 Å². The van der Waals surface area contributed by atoms with Gasteiger partial charge < -0.3 is 8.37 Å². The van der Waals surface area contributed by atoms with Gasteiger partial charge in [-0.1, -0.05) is 61.0 Å². The molecule has 11 heteroatoms. The van der Waals surface area contributed by atoms with Gasteiger partial charge in [-0.2, -0.15) is 26.8 Å². The first kappa shape index (κ1) is 25.0. The standard InChI is InChI=1S/C22H24N2O6S3/c1-5-19-20(29-32(25,26)17-11-7-15(3)8-12-17)23-22(31-6-2)24-21(19)30-33(27,28)18-13-9-16(4)10-14-18/h7-14H,5-6H2,1-4H3. The quantitative estimate of drug-likeness (QED) is 0.237. The molecule has 3 rings (SSSR count). The van der Waals surface area contributed by atoms with Crippen LogP contribution in [-0.2, 0) is 26.7 Å². The number of nitrogens with zero attached hydrogens (tertiary/aromatic N) is 2. The highest BCUT2D eigenvalue weighted by molar-refractivity contribution is 7.99. The lowest BCUT2D eigenvalue weighted by molar-refractivity contribution is 0.446. The Morgan fingerprint density at radius 3 is 1.45 bits per heavy atom. The van der Waals surface area contributed by atoms with E-state index in [4.69, 9.17) is 8.37 Å². The van der Waals surface area contributed by atoms with Crippen LogP contribution in [0.5, 0.6) is 11.8 Å². The zero-order valence-electron chi connectivity index (χ0n) is 18.6. The molecule has 176 valence electrons. The van der Waals surface area contributed by atoms with E-state index in [1.807, 2.05) is 20.8 Å². The first-order valence-corrected chi connectivity index (χ1v) is 13.9. The Labute approximate surface area is 198 Å². The van der Waals surface area contributed by atoms with Crippen LogP contribution in [0.3, 0.4) is 0 Å². The molecular weight excluding hydrogens is 484 g/mol. The van der Waals surface area contributed by atoms with E-state index in [1.54, 1.807) is 31.2 Å². The summed E-state index contributed by atoms with van der Waals surface area (Å²) in [7, 11) is -8.43. The molecule has 33 heavy (non-hydrogen) atoms. The smallest absolute Gasteiger partial charge is 0.340 e. The van der Waals surface area contributed by atoms with Crippen LogP contribution in [0.25, 0.3) is 0 Å². The van der Waals surface area contributed by atoms with Crippen LogP contribution in [0.4, 0.5) is 0 Å². The summed E-state index contributed by atoms with van der Waals surface area (Å²) in [5.74, 6) is 0.0380. The minimum absolute atomic E-state index is 0.0480. The van der Waals surface area contributed by atoms with Crippen molar-refractivity contribution in [3.63, 3.8) is 0 Å². The number of aromatic nitrogens is 2. The zero-order chi connectivity index (χ0) is 24.2. The third-order valence-corrected chi connectivity index (χ3v) is 7.72. The summed E-state index contributed by atoms with van der Waals surface area (Å²) in [5.41, 5.74) is 1.91. The van der Waals surface area contributed by atoms with Crippen LogP contribution < -0.4 is 8.37 Å². The first-order chi connectivity index (χ1) is 15.6. The maximum Gasteiger partial charge on any atom is 0.340 e. The SMILES string of the molecule is CCSc1nc(OS(=O)(=O)c2ccc(C)cc2)c(CC)c(OS(=O)(=O)c2ccc(C)cc2)n1. The molecular formula is C22H24N2O6S3. The molecule has 0 aliphatic carbocycles. The first-order valence-electron chi connectivity index (χ1n) is 10.1. The molecule has 2 aromatic carbocycles. The van der Waals surface area contributed by atoms with Crippen LogP contribution in [0.1, 0.15) is 30.5 Å². The summed E-state index contributed by atoms with van der Waals surface area (Å²) in [6.45, 7) is 7.23. The van der Waals surface area contributed by atoms with E-state index < -0.39 is 20.2 Å². The number of rotatable bonds is 9. The Hall–Kier alpha value is -2.63. The molecule has 0 spiro atoms. The lowest BCUT2D eigenvalue weighted by Crippen LogP contribution is -2.16. The molecule has 0 saturated heterocycles. The highest BCUT2D eigenvalue weighted by Gasteiger charge is 2.26. The number of benzene rings is 2. The molecule has 0 atom stereocenters. The molecule has 0 fully saturated rings. The van der Waals surface area contributed by atoms with Crippen molar-refractivity contribution in [2.75, 3.05) is 5.75 Å². The van der Waals surface area contributed by atoms with Gasteiger partial charge in [-0.15, -0.1) is 0 Å². The van der Waals surface area contributed by atoms with Gasteiger partial charge in [0.2, 0.25) is 11.8 Å². The fourth-order valence-corrected chi connectivity index (χ4v) is 5.15. The van der Waals surface area contributed by atoms with Gasteiger partial charge in [0.1, 0.15) is 9.79 Å². The third-order valence-electron chi connectivity index (χ3n) is 4.53. The van der Waals surface area contributed by atoms with Crippen molar-refractivity contribution in [1.29, 1.82) is 0 Å². The fourth-order valence-electron chi connectivity index (χ4n) is 2.77. The number of thioether (sulfide) groups is 1. The van der Waals surface area contributed by atoms with E-state index >= 15 is 0 Å². The predicted molar refractivity (Wildman–Crippen MR) is 126 cm³/mol. The molecule has 1 heterocycles. The molecule has 0 bridgehead atoms. The second-order valence-corrected chi connectivity index (χ2v) is 11.4. The van der Waals surface area contributed by atoms with Gasteiger partial charge in [-0.25, -0.2) is 0 Å². The van der Waals surface area contributed by atoms with Crippen molar-refractivity contribution in [3.05, 3.63) is 65.2 Å². The maximum absolute atomic E-state index is 12.9. The number of hydrogen-bond acceptors (Lipinski definition) is 9. The normalized spacial score (nSPS) is 11.9. The Balaban J connectivity index is 2.06. The Morgan fingerprint density at radius 1 is 0.727 bits per heavy atom. The number of aryl methyl sites for hydroxylation is 2. The van der Waals surface area contributed by atoms with Crippen molar-refractivity contribution in [3.8, 4) is 11.8 Å². The molecule has 8 nitrogen and oxygen atoms in total. The topological polar surface area (TPSA) is 113 Å². The van der Waals surface area contributed by atoms with Crippen molar-refractivity contribution >= 4 is 32.0 Å². The van der Waals surface area contributed by atoms with Gasteiger partial charge in [-0.3, -0.25) is 0 Å². The Morgan fingerprint density at radius 2 is 1.12 bits per heavy atom. The molecule has 0 saturated carbocycles. The van der Waals surface area contributed by atoms with Crippen LogP contribution in [-0.4, -0.2) is 32.6 Å². The molecule has 0 aliphatic rings. The summed E-state index contributed by atoms with van der Waals surface area (Å²) >= 11 is 1.20. The molecule has 0 N–H and O–H groups in total. The fraction of sp³-hybridized carbons (Fsp3) is 0.273. The largest absolute Gasteiger partial charge is 0.358 e. The van der Waals surface area contributed by atoms with Crippen LogP contribution in [0.2, 0.25) is 0 Å². The lowest BCUT2D eigenvalue weighted by atomic mass is 10.2. The second kappa shape index (κ2) is 10.1. The minimum atomic E-state index is -4.22. The molecule has 1 aromatic heterocycles. The van der Waals surface area contributed by atoms with Gasteiger partial charge in [0.25, 0.3) is 0 Å². The molecule has 0 radical (unpaired) electrons. The van der Waals surface area contributed by atoms with Gasteiger partial charge in [-0.05, 0) is 50.3 Å². The average Bonchev–Trinajstić information content (AvgIpc) is 2.74. The molecule has 0 amide bonds. The maximum atomic E-state index is 12.9. The van der Waals surface area contributed by atoms with Gasteiger partial charge in [0, 0.05) is 0 Å². The van der Waals surface area contributed by atoms with Crippen molar-refractivity contribution in [2.45, 2.75) is 49.1 Å². The van der Waals surface area contributed by atoms with E-state index in [2.05, 4.69) is 9.97 Å². The van der Waals surface area contributed by atoms with Gasteiger partial charge >= 0.3 is 20.2 Å². The molecule has 0 aliphatic heterocycles. The summed E-state index contributed by atoms with van der Waals surface area (Å²) in [6, 6.07) is 12.3. The summed E-state index contributed by atoms with van der Waals surface area (Å²) in [4.78, 5) is 8.33. The summed E-state index contributed by atoms with van der Waals surface area (Å²) in [6.07, 6.45) is 0.175. The lowest BCUT2D eigenvalue weighted by Gasteiger charge is -2.15. The third kappa shape index (κ3) is 6.04. The van der Waals surface area contributed by atoms with E-state index in [9.17, 15) is 16.8 Å². The van der Waals surface area contributed by atoms with E-state index in [0.29, 0.717) is 5.75 Å². The summed E-state index contributed by atoms with van der Waals surface area (Å²) < 4.78 is 62.1. The minimum Gasteiger partial charge on any atom is -0.358 e. The second-order valence-electron chi connectivity index (χ2n) is 7.08. The van der Waals surface area contributed by atoms with E-state index in [0.717, 1.165) is 11.1 Å². The molecule has 3 aromatic rings. The van der Waals surface area contributed by atoms with E-state index in [-0.39, 0.29) is 38.7 Å². The van der Waals surface area contributed by atoms with Crippen molar-refractivity contribution in [1.82, 2.24) is 9.97 Å². The van der Waals surface area contributed by atoms with Crippen molar-refractivity contribution in [2.24, 2.45) is 0 Å². The zero-order valence-corrected chi connectivity index (χ0v) is 21.1.